The summed E-state index contributed by atoms with van der Waals surface area (Å²) in [6.45, 7) is 3.78. The number of nitrogens with one attached hydrogen (secondary N) is 2. The highest BCUT2D eigenvalue weighted by Gasteiger charge is 2.03. The molecule has 0 spiro atoms. The van der Waals surface area contributed by atoms with Crippen molar-refractivity contribution in [2.75, 3.05) is 6.54 Å². The van der Waals surface area contributed by atoms with Gasteiger partial charge in [-0.15, -0.1) is 0 Å². The van der Waals surface area contributed by atoms with Crippen LogP contribution in [-0.2, 0) is 24.3 Å². The number of carbonyl (C=O) groups is 1. The lowest BCUT2D eigenvalue weighted by molar-refractivity contribution is -0.120. The van der Waals surface area contributed by atoms with Crippen LogP contribution in [0.1, 0.15) is 23.6 Å². The molecule has 2 aromatic rings. The van der Waals surface area contributed by atoms with E-state index >= 15 is 0 Å². The second-order valence-corrected chi connectivity index (χ2v) is 4.99. The Labute approximate surface area is 126 Å². The van der Waals surface area contributed by atoms with Crippen LogP contribution in [0.4, 0.5) is 0 Å². The van der Waals surface area contributed by atoms with Gasteiger partial charge in [0.1, 0.15) is 0 Å². The van der Waals surface area contributed by atoms with Gasteiger partial charge in [-0.2, -0.15) is 0 Å². The van der Waals surface area contributed by atoms with Crippen LogP contribution in [0.25, 0.3) is 0 Å². The Kier molecular flexibility index (Phi) is 5.98. The minimum atomic E-state index is 0.0211. The van der Waals surface area contributed by atoms with E-state index in [4.69, 9.17) is 0 Å². The predicted octanol–water partition coefficient (Wildman–Crippen LogP) is 2.66. The van der Waals surface area contributed by atoms with Gasteiger partial charge in [0, 0.05) is 13.1 Å². The van der Waals surface area contributed by atoms with Gasteiger partial charge in [-0.3, -0.25) is 4.79 Å². The van der Waals surface area contributed by atoms with E-state index in [1.165, 1.54) is 11.1 Å². The quantitative estimate of drug-likeness (QED) is 0.819. The van der Waals surface area contributed by atoms with Crippen molar-refractivity contribution in [1.29, 1.82) is 0 Å². The first-order valence-electron chi connectivity index (χ1n) is 7.37. The zero-order valence-corrected chi connectivity index (χ0v) is 12.4. The van der Waals surface area contributed by atoms with Gasteiger partial charge in [-0.1, -0.05) is 61.5 Å². The molecule has 0 aliphatic carbocycles. The fourth-order valence-electron chi connectivity index (χ4n) is 2.24. The molecule has 110 valence electrons. The smallest absolute Gasteiger partial charge is 0.234 e. The number of aryl methyl sites for hydroxylation is 1. The first kappa shape index (κ1) is 15.3. The molecule has 0 fully saturated rings. The zero-order valence-electron chi connectivity index (χ0n) is 12.4. The Morgan fingerprint density at radius 1 is 0.905 bits per heavy atom. The molecule has 0 aliphatic heterocycles. The Hall–Kier alpha value is -2.13. The van der Waals surface area contributed by atoms with Crippen LogP contribution in [-0.4, -0.2) is 12.5 Å². The molecular weight excluding hydrogens is 260 g/mol. The Morgan fingerprint density at radius 2 is 1.57 bits per heavy atom. The van der Waals surface area contributed by atoms with Crippen molar-refractivity contribution in [3.05, 3.63) is 71.3 Å². The van der Waals surface area contributed by atoms with Gasteiger partial charge in [0.05, 0.1) is 6.54 Å². The summed E-state index contributed by atoms with van der Waals surface area (Å²) >= 11 is 0. The molecule has 0 aliphatic rings. The van der Waals surface area contributed by atoms with E-state index in [0.29, 0.717) is 13.1 Å². The molecule has 0 aromatic heterocycles. The third kappa shape index (κ3) is 5.04. The average Bonchev–Trinajstić information content (AvgIpc) is 2.54. The second kappa shape index (κ2) is 8.22. The van der Waals surface area contributed by atoms with Crippen molar-refractivity contribution in [1.82, 2.24) is 10.6 Å². The lowest BCUT2D eigenvalue weighted by Crippen LogP contribution is -2.33. The van der Waals surface area contributed by atoms with Crippen molar-refractivity contribution in [3.8, 4) is 0 Å². The number of carbonyl (C=O) groups excluding carboxylic acids is 1. The summed E-state index contributed by atoms with van der Waals surface area (Å²) in [5.74, 6) is 0.0211. The molecule has 2 aromatic carbocycles. The van der Waals surface area contributed by atoms with E-state index in [1.54, 1.807) is 0 Å². The normalized spacial score (nSPS) is 10.3. The molecular formula is C18H22N2O. The van der Waals surface area contributed by atoms with E-state index in [1.807, 2.05) is 36.4 Å². The molecule has 0 heterocycles. The minimum absolute atomic E-state index is 0.0211. The predicted molar refractivity (Wildman–Crippen MR) is 85.8 cm³/mol. The molecule has 0 unspecified atom stereocenters. The highest BCUT2D eigenvalue weighted by molar-refractivity contribution is 5.77. The van der Waals surface area contributed by atoms with Crippen molar-refractivity contribution in [2.45, 2.75) is 26.4 Å². The Bertz CT molecular complexity index is 566. The molecule has 2 N–H and O–H groups in total. The van der Waals surface area contributed by atoms with Crippen LogP contribution in [0.5, 0.6) is 0 Å². The standard InChI is InChI=1S/C18H22N2O/c1-2-16-10-6-7-11-17(16)13-19-14-18(21)20-12-15-8-4-3-5-9-15/h3-11,19H,2,12-14H2,1H3,(H,20,21). The Morgan fingerprint density at radius 3 is 2.29 bits per heavy atom. The largest absolute Gasteiger partial charge is 0.351 e. The lowest BCUT2D eigenvalue weighted by atomic mass is 10.1. The van der Waals surface area contributed by atoms with Gasteiger partial charge in [0.15, 0.2) is 0 Å². The molecule has 0 atom stereocenters. The molecule has 0 saturated heterocycles. The number of rotatable bonds is 7. The highest BCUT2D eigenvalue weighted by atomic mass is 16.1. The molecule has 0 radical (unpaired) electrons. The van der Waals surface area contributed by atoms with E-state index in [9.17, 15) is 4.79 Å². The van der Waals surface area contributed by atoms with Crippen LogP contribution >= 0.6 is 0 Å². The topological polar surface area (TPSA) is 41.1 Å². The van der Waals surface area contributed by atoms with Gasteiger partial charge in [-0.25, -0.2) is 0 Å². The maximum atomic E-state index is 11.8. The van der Waals surface area contributed by atoms with Crippen molar-refractivity contribution in [3.63, 3.8) is 0 Å². The SMILES string of the molecule is CCc1ccccc1CNCC(=O)NCc1ccccc1. The molecule has 3 heteroatoms. The maximum absolute atomic E-state index is 11.8. The van der Waals surface area contributed by atoms with E-state index in [2.05, 4.69) is 35.8 Å². The van der Waals surface area contributed by atoms with Crippen molar-refractivity contribution >= 4 is 5.91 Å². The van der Waals surface area contributed by atoms with Gasteiger partial charge in [0.2, 0.25) is 5.91 Å². The van der Waals surface area contributed by atoms with Gasteiger partial charge >= 0.3 is 0 Å². The van der Waals surface area contributed by atoms with Crippen LogP contribution in [0, 0.1) is 0 Å². The van der Waals surface area contributed by atoms with Crippen LogP contribution < -0.4 is 10.6 Å². The second-order valence-electron chi connectivity index (χ2n) is 4.99. The summed E-state index contributed by atoms with van der Waals surface area (Å²) in [6.07, 6.45) is 1.01. The average molecular weight is 282 g/mol. The fraction of sp³-hybridized carbons (Fsp3) is 0.278. The van der Waals surface area contributed by atoms with Crippen molar-refractivity contribution in [2.24, 2.45) is 0 Å². The van der Waals surface area contributed by atoms with Gasteiger partial charge in [0.25, 0.3) is 0 Å². The highest BCUT2D eigenvalue weighted by Crippen LogP contribution is 2.08. The summed E-state index contributed by atoms with van der Waals surface area (Å²) in [5, 5.41) is 6.11. The van der Waals surface area contributed by atoms with E-state index in [-0.39, 0.29) is 5.91 Å². The third-order valence-electron chi connectivity index (χ3n) is 3.43. The first-order valence-corrected chi connectivity index (χ1v) is 7.37. The molecule has 1 amide bonds. The minimum Gasteiger partial charge on any atom is -0.351 e. The molecule has 0 bridgehead atoms. The number of hydrogen-bond donors (Lipinski definition) is 2. The number of benzene rings is 2. The van der Waals surface area contributed by atoms with Crippen LogP contribution in [0.2, 0.25) is 0 Å². The number of hydrogen-bond acceptors (Lipinski definition) is 2. The van der Waals surface area contributed by atoms with Gasteiger partial charge in [-0.05, 0) is 23.1 Å². The fourth-order valence-corrected chi connectivity index (χ4v) is 2.24. The van der Waals surface area contributed by atoms with E-state index < -0.39 is 0 Å². The third-order valence-corrected chi connectivity index (χ3v) is 3.43. The summed E-state index contributed by atoms with van der Waals surface area (Å²) in [4.78, 5) is 11.8. The van der Waals surface area contributed by atoms with Gasteiger partial charge < -0.3 is 10.6 Å². The maximum Gasteiger partial charge on any atom is 0.234 e. The lowest BCUT2D eigenvalue weighted by Gasteiger charge is -2.09. The molecule has 2 rings (SSSR count). The molecule has 21 heavy (non-hydrogen) atoms. The summed E-state index contributed by atoms with van der Waals surface area (Å²) in [6, 6.07) is 18.2. The van der Waals surface area contributed by atoms with E-state index in [0.717, 1.165) is 18.5 Å². The van der Waals surface area contributed by atoms with Crippen molar-refractivity contribution < 1.29 is 4.79 Å². The molecule has 0 saturated carbocycles. The Balaban J connectivity index is 1.72. The summed E-state index contributed by atoms with van der Waals surface area (Å²) < 4.78 is 0. The molecule has 3 nitrogen and oxygen atoms in total. The van der Waals surface area contributed by atoms with Crippen LogP contribution in [0.15, 0.2) is 54.6 Å². The number of amides is 1. The first-order chi connectivity index (χ1) is 10.3. The summed E-state index contributed by atoms with van der Waals surface area (Å²) in [5.41, 5.74) is 3.70. The monoisotopic (exact) mass is 282 g/mol. The zero-order chi connectivity index (χ0) is 14.9. The van der Waals surface area contributed by atoms with Crippen LogP contribution in [0.3, 0.4) is 0 Å². The summed E-state index contributed by atoms with van der Waals surface area (Å²) in [7, 11) is 0.